The van der Waals surface area contributed by atoms with Gasteiger partial charge in [0.2, 0.25) is 0 Å². The molecule has 2 heterocycles. The van der Waals surface area contributed by atoms with E-state index in [1.165, 1.54) is 0 Å². The third-order valence-corrected chi connectivity index (χ3v) is 24.3. The van der Waals surface area contributed by atoms with Gasteiger partial charge < -0.3 is 0 Å². The number of hydrogen-bond acceptors (Lipinski definition) is 2. The first-order valence-electron chi connectivity index (χ1n) is 5.72. The molecule has 16 heavy (non-hydrogen) atoms. The van der Waals surface area contributed by atoms with E-state index >= 15 is 0 Å². The molecule has 0 atom stereocenters. The first-order chi connectivity index (χ1) is 7.21. The Morgan fingerprint density at radius 3 is 1.94 bits per heavy atom. The van der Waals surface area contributed by atoms with Gasteiger partial charge >= 0.3 is 116 Å². The van der Waals surface area contributed by atoms with Crippen LogP contribution in [0.3, 0.4) is 0 Å². The molecule has 0 saturated carbocycles. The number of thiophene rings is 2. The number of rotatable bonds is 2. The Balaban J connectivity index is 2.75. The zero-order valence-electron chi connectivity index (χ0n) is 11.0. The molecule has 0 spiro atoms. The van der Waals surface area contributed by atoms with Crippen molar-refractivity contribution >= 4 is 75.3 Å². The Morgan fingerprint density at radius 2 is 1.44 bits per heavy atom. The van der Waals surface area contributed by atoms with Crippen molar-refractivity contribution in [1.29, 1.82) is 0 Å². The summed E-state index contributed by atoms with van der Waals surface area (Å²) in [5, 5.41) is 3.92. The molecule has 0 aliphatic carbocycles. The third-order valence-electron chi connectivity index (χ3n) is 2.68. The van der Waals surface area contributed by atoms with Crippen molar-refractivity contribution in [3.05, 3.63) is 11.4 Å². The van der Waals surface area contributed by atoms with Crippen LogP contribution in [0.1, 0.15) is 0 Å². The van der Waals surface area contributed by atoms with E-state index in [2.05, 4.69) is 52.4 Å². The van der Waals surface area contributed by atoms with Gasteiger partial charge in [-0.05, 0) is 0 Å². The summed E-state index contributed by atoms with van der Waals surface area (Å²) >= 11 is 0.361. The zero-order chi connectivity index (χ0) is 12.1. The van der Waals surface area contributed by atoms with Gasteiger partial charge in [-0.15, -0.1) is 0 Å². The topological polar surface area (TPSA) is 0 Å². The molecule has 0 fully saturated rings. The van der Waals surface area contributed by atoms with Gasteiger partial charge in [0.15, 0.2) is 0 Å². The van der Waals surface area contributed by atoms with Crippen LogP contribution in [0, 0.1) is 0 Å². The van der Waals surface area contributed by atoms with Crippen molar-refractivity contribution in [3.8, 4) is 0 Å². The van der Waals surface area contributed by atoms with Crippen molar-refractivity contribution in [2.45, 2.75) is 29.6 Å². The second-order valence-electron chi connectivity index (χ2n) is 6.42. The van der Waals surface area contributed by atoms with Crippen molar-refractivity contribution in [2.24, 2.45) is 0 Å². The van der Waals surface area contributed by atoms with E-state index in [1.807, 2.05) is 11.3 Å². The van der Waals surface area contributed by atoms with Crippen molar-refractivity contribution in [1.82, 2.24) is 0 Å². The fourth-order valence-corrected chi connectivity index (χ4v) is 21.8. The van der Waals surface area contributed by atoms with Crippen LogP contribution in [-0.4, -0.2) is 36.8 Å². The average Bonchev–Trinajstić information content (AvgIpc) is 2.54. The van der Waals surface area contributed by atoms with Crippen molar-refractivity contribution in [2.75, 3.05) is 0 Å². The van der Waals surface area contributed by atoms with E-state index in [1.54, 1.807) is 15.9 Å². The Kier molecular flexibility index (Phi) is 3.78. The number of hydrogen-bond donors (Lipinski definition) is 0. The Bertz CT molecular complexity index is 466. The van der Waals surface area contributed by atoms with Gasteiger partial charge in [0.1, 0.15) is 0 Å². The summed E-state index contributed by atoms with van der Waals surface area (Å²) in [6.07, 6.45) is 0. The zero-order valence-corrected chi connectivity index (χ0v) is 18.3. The van der Waals surface area contributed by atoms with Gasteiger partial charge in [-0.3, -0.25) is 0 Å². The first-order valence-corrected chi connectivity index (χ1v) is 27.4. The van der Waals surface area contributed by atoms with Crippen molar-refractivity contribution < 1.29 is 0 Å². The second kappa shape index (κ2) is 4.42. The van der Waals surface area contributed by atoms with Crippen LogP contribution in [0.4, 0.5) is 0 Å². The number of fused-ring (bicyclic) bond motifs is 1. The molecular weight excluding hydrogens is 446 g/mol. The molecule has 0 aromatic carbocycles. The van der Waals surface area contributed by atoms with E-state index in [-0.39, 0.29) is 0 Å². The van der Waals surface area contributed by atoms with Crippen LogP contribution in [0.25, 0.3) is 10.1 Å². The SMILES string of the molecule is [CH3][Sn]([CH3])([CH3])[c]1s[c]([Sn]([CH3])([CH3])[CH3])c2sccc12. The molecule has 0 bridgehead atoms. The molecular formula is C12H20S2Sn2. The predicted octanol–water partition coefficient (Wildman–Crippen LogP) is 4.05. The van der Waals surface area contributed by atoms with Crippen LogP contribution in [0.5, 0.6) is 0 Å². The van der Waals surface area contributed by atoms with E-state index in [9.17, 15) is 0 Å². The summed E-state index contributed by atoms with van der Waals surface area (Å²) in [6, 6.07) is 2.37. The van der Waals surface area contributed by atoms with E-state index in [0.29, 0.717) is 0 Å². The molecule has 2 aromatic heterocycles. The Labute approximate surface area is 115 Å². The fraction of sp³-hybridized carbons (Fsp3) is 0.500. The monoisotopic (exact) mass is 468 g/mol. The van der Waals surface area contributed by atoms with Crippen LogP contribution in [0.2, 0.25) is 29.6 Å². The molecule has 0 radical (unpaired) electrons. The maximum absolute atomic E-state index is 2.54. The summed E-state index contributed by atoms with van der Waals surface area (Å²) in [4.78, 5) is 15.3. The molecule has 2 aromatic rings. The minimum atomic E-state index is -1.90. The summed E-state index contributed by atoms with van der Waals surface area (Å²) in [7, 11) is 0. The summed E-state index contributed by atoms with van der Waals surface area (Å²) in [6.45, 7) is 0. The Morgan fingerprint density at radius 1 is 0.875 bits per heavy atom. The standard InChI is InChI=1S/C6H2S2.6CH3.2Sn/c1-2-8-6-4-7-3-5(1)6;;;;;;;;/h1-2H;6*1H3;;. The maximum atomic E-state index is 2.54. The Hall–Kier alpha value is 1.26. The first kappa shape index (κ1) is 13.7. The molecule has 0 nitrogen and oxygen atoms in total. The van der Waals surface area contributed by atoms with Crippen LogP contribution in [-0.2, 0) is 0 Å². The molecule has 0 unspecified atom stereocenters. The quantitative estimate of drug-likeness (QED) is 0.587. The van der Waals surface area contributed by atoms with Crippen molar-refractivity contribution in [3.63, 3.8) is 0 Å². The van der Waals surface area contributed by atoms with Crippen LogP contribution in [0.15, 0.2) is 11.4 Å². The normalized spacial score (nSPS) is 13.6. The second-order valence-corrected chi connectivity index (χ2v) is 39.0. The van der Waals surface area contributed by atoms with Gasteiger partial charge in [-0.25, -0.2) is 0 Å². The molecule has 2 rings (SSSR count). The average molecular weight is 466 g/mol. The summed E-state index contributed by atoms with van der Waals surface area (Å²) in [5.74, 6) is 0. The molecule has 0 saturated heterocycles. The van der Waals surface area contributed by atoms with E-state index < -0.39 is 36.8 Å². The fourth-order valence-electron chi connectivity index (χ4n) is 1.92. The molecule has 0 N–H and O–H groups in total. The summed E-state index contributed by atoms with van der Waals surface area (Å²) in [5.41, 5.74) is 0. The van der Waals surface area contributed by atoms with E-state index in [0.717, 1.165) is 0 Å². The van der Waals surface area contributed by atoms with Crippen LogP contribution < -0.4 is 5.79 Å². The van der Waals surface area contributed by atoms with Gasteiger partial charge in [0, 0.05) is 0 Å². The molecule has 4 heteroatoms. The molecule has 0 aliphatic rings. The van der Waals surface area contributed by atoms with Crippen LogP contribution >= 0.6 is 22.7 Å². The van der Waals surface area contributed by atoms with Gasteiger partial charge in [-0.2, -0.15) is 0 Å². The summed E-state index contributed by atoms with van der Waals surface area (Å²) < 4.78 is 5.25. The predicted molar refractivity (Wildman–Crippen MR) is 85.7 cm³/mol. The molecule has 88 valence electrons. The van der Waals surface area contributed by atoms with Gasteiger partial charge in [0.25, 0.3) is 0 Å². The molecule has 0 amide bonds. The van der Waals surface area contributed by atoms with E-state index in [4.69, 9.17) is 0 Å². The third kappa shape index (κ3) is 2.49. The van der Waals surface area contributed by atoms with Gasteiger partial charge in [0.05, 0.1) is 0 Å². The minimum absolute atomic E-state index is 1.62. The molecule has 0 aliphatic heterocycles. The van der Waals surface area contributed by atoms with Gasteiger partial charge in [-0.1, -0.05) is 0 Å².